The third-order valence-electron chi connectivity index (χ3n) is 5.73. The average molecular weight is 299 g/mol. The molecule has 0 bridgehead atoms. The van der Waals surface area contributed by atoms with Crippen LogP contribution in [-0.4, -0.2) is 6.54 Å². The molecule has 1 aliphatic rings. The lowest BCUT2D eigenvalue weighted by Crippen LogP contribution is -2.18. The second-order valence-corrected chi connectivity index (χ2v) is 8.29. The van der Waals surface area contributed by atoms with Gasteiger partial charge >= 0.3 is 0 Å². The van der Waals surface area contributed by atoms with Crippen molar-refractivity contribution in [2.24, 2.45) is 16.7 Å². The maximum absolute atomic E-state index is 3.65. The summed E-state index contributed by atoms with van der Waals surface area (Å²) < 4.78 is 0. The fraction of sp³-hybridized carbons (Fsp3) is 0.474. The molecule has 2 aromatic rings. The van der Waals surface area contributed by atoms with Crippen LogP contribution in [0.2, 0.25) is 0 Å². The molecule has 112 valence electrons. The predicted octanol–water partition coefficient (Wildman–Crippen LogP) is 5.19. The van der Waals surface area contributed by atoms with Crippen LogP contribution in [0.15, 0.2) is 41.8 Å². The second kappa shape index (κ2) is 5.26. The first-order chi connectivity index (χ1) is 9.93. The number of nitrogens with one attached hydrogen (secondary N) is 1. The quantitative estimate of drug-likeness (QED) is 0.801. The standard InChI is InChI=1S/C19H25NS/c1-18(2)17(19(18,3)4)12-20-11-16-10-15(13-21-16)14-8-6-5-7-9-14/h5-10,13,17,20H,11-12H2,1-4H3. The summed E-state index contributed by atoms with van der Waals surface area (Å²) in [6.07, 6.45) is 0. The minimum atomic E-state index is 0.477. The minimum absolute atomic E-state index is 0.477. The van der Waals surface area contributed by atoms with E-state index < -0.39 is 0 Å². The highest BCUT2D eigenvalue weighted by molar-refractivity contribution is 7.10. The fourth-order valence-electron chi connectivity index (χ4n) is 3.44. The van der Waals surface area contributed by atoms with Crippen molar-refractivity contribution < 1.29 is 0 Å². The molecule has 0 aliphatic heterocycles. The third kappa shape index (κ3) is 2.67. The molecule has 3 rings (SSSR count). The Bertz CT molecular complexity index is 596. The van der Waals surface area contributed by atoms with Crippen molar-refractivity contribution in [3.63, 3.8) is 0 Å². The van der Waals surface area contributed by atoms with Gasteiger partial charge in [0, 0.05) is 11.4 Å². The molecule has 1 fully saturated rings. The predicted molar refractivity (Wildman–Crippen MR) is 92.5 cm³/mol. The molecule has 21 heavy (non-hydrogen) atoms. The van der Waals surface area contributed by atoms with Gasteiger partial charge in [0.2, 0.25) is 0 Å². The normalized spacial score (nSPS) is 19.6. The summed E-state index contributed by atoms with van der Waals surface area (Å²) in [6, 6.07) is 12.9. The van der Waals surface area contributed by atoms with E-state index in [4.69, 9.17) is 0 Å². The summed E-state index contributed by atoms with van der Waals surface area (Å²) in [5, 5.41) is 5.91. The van der Waals surface area contributed by atoms with E-state index in [1.807, 2.05) is 11.3 Å². The van der Waals surface area contributed by atoms with Crippen LogP contribution in [0, 0.1) is 16.7 Å². The van der Waals surface area contributed by atoms with Crippen LogP contribution in [0.3, 0.4) is 0 Å². The zero-order valence-electron chi connectivity index (χ0n) is 13.4. The summed E-state index contributed by atoms with van der Waals surface area (Å²) in [7, 11) is 0. The van der Waals surface area contributed by atoms with Crippen molar-refractivity contribution in [3.05, 3.63) is 46.7 Å². The Kier molecular flexibility index (Phi) is 3.71. The zero-order chi connectivity index (χ0) is 15.1. The Balaban J connectivity index is 1.55. The molecule has 1 heterocycles. The van der Waals surface area contributed by atoms with Crippen molar-refractivity contribution in [1.29, 1.82) is 0 Å². The van der Waals surface area contributed by atoms with E-state index in [1.54, 1.807) is 0 Å². The van der Waals surface area contributed by atoms with Crippen molar-refractivity contribution in [1.82, 2.24) is 5.32 Å². The zero-order valence-corrected chi connectivity index (χ0v) is 14.3. The monoisotopic (exact) mass is 299 g/mol. The van der Waals surface area contributed by atoms with Gasteiger partial charge in [-0.3, -0.25) is 0 Å². The molecule has 1 aromatic carbocycles. The number of hydrogen-bond acceptors (Lipinski definition) is 2. The van der Waals surface area contributed by atoms with Crippen molar-refractivity contribution >= 4 is 11.3 Å². The van der Waals surface area contributed by atoms with Crippen LogP contribution in [0.25, 0.3) is 11.1 Å². The lowest BCUT2D eigenvalue weighted by molar-refractivity contribution is 0.457. The molecule has 1 aromatic heterocycles. The summed E-state index contributed by atoms with van der Waals surface area (Å²) >= 11 is 1.85. The summed E-state index contributed by atoms with van der Waals surface area (Å²) in [5.74, 6) is 0.790. The molecule has 0 radical (unpaired) electrons. The van der Waals surface area contributed by atoms with Gasteiger partial charge in [0.05, 0.1) is 0 Å². The van der Waals surface area contributed by atoms with Crippen LogP contribution >= 0.6 is 11.3 Å². The Labute approximate surface area is 132 Å². The molecule has 0 amide bonds. The molecule has 0 spiro atoms. The van der Waals surface area contributed by atoms with E-state index in [9.17, 15) is 0 Å². The number of thiophene rings is 1. The molecule has 1 aliphatic carbocycles. The Hall–Kier alpha value is -1.12. The molecule has 1 saturated carbocycles. The van der Waals surface area contributed by atoms with Gasteiger partial charge in [-0.1, -0.05) is 58.0 Å². The van der Waals surface area contributed by atoms with E-state index in [1.165, 1.54) is 16.0 Å². The first-order valence-corrected chi connectivity index (χ1v) is 8.64. The molecule has 0 atom stereocenters. The Morgan fingerprint density at radius 2 is 1.67 bits per heavy atom. The summed E-state index contributed by atoms with van der Waals surface area (Å²) in [6.45, 7) is 11.7. The van der Waals surface area contributed by atoms with Crippen molar-refractivity contribution in [2.45, 2.75) is 34.2 Å². The van der Waals surface area contributed by atoms with Gasteiger partial charge in [-0.25, -0.2) is 0 Å². The SMILES string of the molecule is CC1(C)C(CNCc2cc(-c3ccccc3)cs2)C1(C)C. The lowest BCUT2D eigenvalue weighted by atomic mass is 10.0. The highest BCUT2D eigenvalue weighted by Gasteiger charge is 2.63. The van der Waals surface area contributed by atoms with Gasteiger partial charge < -0.3 is 5.32 Å². The lowest BCUT2D eigenvalue weighted by Gasteiger charge is -2.04. The van der Waals surface area contributed by atoms with Crippen LogP contribution in [0.5, 0.6) is 0 Å². The number of hydrogen-bond donors (Lipinski definition) is 1. The first-order valence-electron chi connectivity index (χ1n) is 7.76. The van der Waals surface area contributed by atoms with E-state index in [2.05, 4.69) is 74.8 Å². The second-order valence-electron chi connectivity index (χ2n) is 7.29. The van der Waals surface area contributed by atoms with Crippen molar-refractivity contribution in [2.75, 3.05) is 6.54 Å². The molecule has 2 heteroatoms. The fourth-order valence-corrected chi connectivity index (χ4v) is 4.30. The highest BCUT2D eigenvalue weighted by Crippen LogP contribution is 2.67. The largest absolute Gasteiger partial charge is 0.312 e. The molecular weight excluding hydrogens is 274 g/mol. The van der Waals surface area contributed by atoms with E-state index >= 15 is 0 Å². The van der Waals surface area contributed by atoms with Crippen LogP contribution in [0.4, 0.5) is 0 Å². The topological polar surface area (TPSA) is 12.0 Å². The average Bonchev–Trinajstić information content (AvgIpc) is 2.83. The Morgan fingerprint density at radius 1 is 1.00 bits per heavy atom. The molecule has 0 unspecified atom stereocenters. The van der Waals surface area contributed by atoms with Gasteiger partial charge in [0.25, 0.3) is 0 Å². The molecule has 1 nitrogen and oxygen atoms in total. The smallest absolute Gasteiger partial charge is 0.0300 e. The van der Waals surface area contributed by atoms with Gasteiger partial charge in [0.15, 0.2) is 0 Å². The first kappa shape index (κ1) is 14.8. The van der Waals surface area contributed by atoms with E-state index in [0.717, 1.165) is 19.0 Å². The maximum Gasteiger partial charge on any atom is 0.0300 e. The van der Waals surface area contributed by atoms with Gasteiger partial charge in [-0.05, 0) is 45.9 Å². The maximum atomic E-state index is 3.65. The highest BCUT2D eigenvalue weighted by atomic mass is 32.1. The Morgan fingerprint density at radius 3 is 2.29 bits per heavy atom. The number of rotatable bonds is 5. The van der Waals surface area contributed by atoms with E-state index in [0.29, 0.717) is 10.8 Å². The van der Waals surface area contributed by atoms with Gasteiger partial charge in [-0.2, -0.15) is 0 Å². The van der Waals surface area contributed by atoms with Crippen LogP contribution in [-0.2, 0) is 6.54 Å². The van der Waals surface area contributed by atoms with Crippen molar-refractivity contribution in [3.8, 4) is 11.1 Å². The summed E-state index contributed by atoms with van der Waals surface area (Å²) in [4.78, 5) is 1.42. The van der Waals surface area contributed by atoms with Crippen LogP contribution in [0.1, 0.15) is 32.6 Å². The molecule has 0 saturated heterocycles. The minimum Gasteiger partial charge on any atom is -0.312 e. The van der Waals surface area contributed by atoms with Gasteiger partial charge in [-0.15, -0.1) is 11.3 Å². The van der Waals surface area contributed by atoms with Crippen LogP contribution < -0.4 is 5.32 Å². The number of benzene rings is 1. The van der Waals surface area contributed by atoms with Gasteiger partial charge in [0.1, 0.15) is 0 Å². The summed E-state index contributed by atoms with van der Waals surface area (Å²) in [5.41, 5.74) is 3.60. The third-order valence-corrected chi connectivity index (χ3v) is 6.66. The van der Waals surface area contributed by atoms with E-state index in [-0.39, 0.29) is 0 Å². The molecular formula is C19H25NS. The molecule has 1 N–H and O–H groups in total.